The Morgan fingerprint density at radius 2 is 1.72 bits per heavy atom. The monoisotopic (exact) mass is 361 g/mol. The maximum atomic E-state index is 12.4. The first-order valence-corrected chi connectivity index (χ1v) is 10.5. The van der Waals surface area contributed by atoms with Crippen LogP contribution in [0.3, 0.4) is 0 Å². The van der Waals surface area contributed by atoms with Crippen LogP contribution >= 0.6 is 12.2 Å². The van der Waals surface area contributed by atoms with Crippen LogP contribution in [0.1, 0.15) is 71.1 Å². The molecule has 25 heavy (non-hydrogen) atoms. The van der Waals surface area contributed by atoms with Crippen molar-refractivity contribution in [3.8, 4) is 0 Å². The average molecular weight is 362 g/mol. The number of aromatic nitrogens is 1. The van der Waals surface area contributed by atoms with Crippen molar-refractivity contribution in [1.29, 1.82) is 0 Å². The van der Waals surface area contributed by atoms with Crippen molar-refractivity contribution in [2.75, 3.05) is 0 Å². The van der Waals surface area contributed by atoms with E-state index in [9.17, 15) is 4.79 Å². The van der Waals surface area contributed by atoms with Gasteiger partial charge in [0, 0.05) is 6.20 Å². The predicted molar refractivity (Wildman–Crippen MR) is 103 cm³/mol. The SMILES string of the molecule is CCCC1CCC(C2CCC(C(=O)On3ccccc3=S)CC2)CC1. The van der Waals surface area contributed by atoms with E-state index in [1.807, 2.05) is 12.1 Å². The van der Waals surface area contributed by atoms with Gasteiger partial charge in [-0.05, 0) is 68.4 Å². The first-order chi connectivity index (χ1) is 12.2. The molecule has 0 aliphatic heterocycles. The minimum Gasteiger partial charge on any atom is -0.335 e. The van der Waals surface area contributed by atoms with Crippen molar-refractivity contribution in [2.24, 2.45) is 23.7 Å². The summed E-state index contributed by atoms with van der Waals surface area (Å²) in [7, 11) is 0. The number of rotatable bonds is 5. The summed E-state index contributed by atoms with van der Waals surface area (Å²) in [5.74, 6) is 2.61. The van der Waals surface area contributed by atoms with E-state index in [2.05, 4.69) is 6.92 Å². The van der Waals surface area contributed by atoms with Crippen molar-refractivity contribution in [3.63, 3.8) is 0 Å². The van der Waals surface area contributed by atoms with Gasteiger partial charge in [0.15, 0.2) is 0 Å². The molecule has 0 bridgehead atoms. The number of pyridine rings is 1. The highest BCUT2D eigenvalue weighted by Gasteiger charge is 2.33. The lowest BCUT2D eigenvalue weighted by atomic mass is 9.69. The summed E-state index contributed by atoms with van der Waals surface area (Å²) in [6.07, 6.45) is 14.4. The number of carbonyl (C=O) groups is 1. The number of carbonyl (C=O) groups excluding carboxylic acids is 1. The Kier molecular flexibility index (Phi) is 6.69. The maximum Gasteiger partial charge on any atom is 0.335 e. The highest BCUT2D eigenvalue weighted by molar-refractivity contribution is 7.71. The molecule has 2 saturated carbocycles. The molecule has 0 unspecified atom stereocenters. The Morgan fingerprint density at radius 1 is 1.08 bits per heavy atom. The quantitative estimate of drug-likeness (QED) is 0.641. The Bertz CT molecular complexity index is 610. The summed E-state index contributed by atoms with van der Waals surface area (Å²) in [5, 5.41) is 0. The molecule has 1 aromatic heterocycles. The van der Waals surface area contributed by atoms with Crippen LogP contribution < -0.4 is 4.84 Å². The van der Waals surface area contributed by atoms with Gasteiger partial charge in [-0.25, -0.2) is 4.79 Å². The second kappa shape index (κ2) is 8.98. The molecule has 138 valence electrons. The molecular weight excluding hydrogens is 330 g/mol. The van der Waals surface area contributed by atoms with E-state index in [1.165, 1.54) is 56.1 Å². The third kappa shape index (κ3) is 4.93. The Morgan fingerprint density at radius 3 is 2.32 bits per heavy atom. The summed E-state index contributed by atoms with van der Waals surface area (Å²) in [5.41, 5.74) is 0. The van der Waals surface area contributed by atoms with Crippen molar-refractivity contribution in [3.05, 3.63) is 29.0 Å². The maximum absolute atomic E-state index is 12.4. The van der Waals surface area contributed by atoms with Gasteiger partial charge in [-0.15, -0.1) is 0 Å². The fourth-order valence-electron chi connectivity index (χ4n) is 4.84. The normalized spacial score (nSPS) is 30.0. The molecule has 2 aliphatic carbocycles. The van der Waals surface area contributed by atoms with Gasteiger partial charge in [-0.2, -0.15) is 4.73 Å². The molecule has 0 radical (unpaired) electrons. The lowest BCUT2D eigenvalue weighted by Gasteiger charge is -2.37. The van der Waals surface area contributed by atoms with Gasteiger partial charge in [-0.1, -0.05) is 50.9 Å². The van der Waals surface area contributed by atoms with Crippen LogP contribution in [-0.2, 0) is 4.79 Å². The van der Waals surface area contributed by atoms with Gasteiger partial charge >= 0.3 is 5.97 Å². The largest absolute Gasteiger partial charge is 0.335 e. The average Bonchev–Trinajstić information content (AvgIpc) is 2.65. The first-order valence-electron chi connectivity index (χ1n) is 10.1. The molecular formula is C21H31NO2S. The van der Waals surface area contributed by atoms with Gasteiger partial charge in [-0.3, -0.25) is 0 Å². The summed E-state index contributed by atoms with van der Waals surface area (Å²) < 4.78 is 1.95. The fourth-order valence-corrected chi connectivity index (χ4v) is 5.02. The van der Waals surface area contributed by atoms with Crippen LogP contribution in [0.25, 0.3) is 0 Å². The second-order valence-corrected chi connectivity index (χ2v) is 8.37. The topological polar surface area (TPSA) is 31.2 Å². The highest BCUT2D eigenvalue weighted by Crippen LogP contribution is 2.42. The van der Waals surface area contributed by atoms with Gasteiger partial charge in [0.1, 0.15) is 4.64 Å². The second-order valence-electron chi connectivity index (χ2n) is 7.96. The van der Waals surface area contributed by atoms with Crippen LogP contribution in [0.5, 0.6) is 0 Å². The van der Waals surface area contributed by atoms with Crippen LogP contribution in [0.15, 0.2) is 24.4 Å². The van der Waals surface area contributed by atoms with E-state index < -0.39 is 0 Å². The summed E-state index contributed by atoms with van der Waals surface area (Å²) in [6, 6.07) is 5.45. The molecule has 0 amide bonds. The molecule has 3 nitrogen and oxygen atoms in total. The van der Waals surface area contributed by atoms with Crippen LogP contribution in [-0.4, -0.2) is 10.7 Å². The zero-order valence-electron chi connectivity index (χ0n) is 15.4. The van der Waals surface area contributed by atoms with Crippen molar-refractivity contribution < 1.29 is 9.63 Å². The third-order valence-corrected chi connectivity index (χ3v) is 6.65. The minimum atomic E-state index is -0.118. The number of hydrogen-bond donors (Lipinski definition) is 0. The van der Waals surface area contributed by atoms with Gasteiger partial charge < -0.3 is 4.84 Å². The molecule has 2 fully saturated rings. The molecule has 1 heterocycles. The molecule has 2 aliphatic rings. The zero-order valence-corrected chi connectivity index (χ0v) is 16.2. The Labute approximate surface area is 156 Å². The van der Waals surface area contributed by atoms with Crippen LogP contribution in [0.2, 0.25) is 0 Å². The Balaban J connectivity index is 1.45. The van der Waals surface area contributed by atoms with Gasteiger partial charge in [0.2, 0.25) is 0 Å². The molecule has 1 aromatic rings. The lowest BCUT2D eigenvalue weighted by molar-refractivity contribution is -0.151. The molecule has 3 rings (SSSR count). The molecule has 0 N–H and O–H groups in total. The number of hydrogen-bond acceptors (Lipinski definition) is 3. The van der Waals surface area contributed by atoms with E-state index in [-0.39, 0.29) is 11.9 Å². The van der Waals surface area contributed by atoms with E-state index in [1.54, 1.807) is 12.3 Å². The molecule has 4 heteroatoms. The smallest absolute Gasteiger partial charge is 0.335 e. The lowest BCUT2D eigenvalue weighted by Crippen LogP contribution is -2.32. The summed E-state index contributed by atoms with van der Waals surface area (Å²) in [6.45, 7) is 2.30. The minimum absolute atomic E-state index is 0.0368. The van der Waals surface area contributed by atoms with Crippen LogP contribution in [0, 0.1) is 28.3 Å². The van der Waals surface area contributed by atoms with E-state index in [0.717, 1.165) is 30.6 Å². The van der Waals surface area contributed by atoms with E-state index in [0.29, 0.717) is 4.64 Å². The first kappa shape index (κ1) is 18.6. The van der Waals surface area contributed by atoms with Crippen molar-refractivity contribution in [1.82, 2.24) is 4.73 Å². The van der Waals surface area contributed by atoms with Gasteiger partial charge in [0.25, 0.3) is 0 Å². The molecule has 0 atom stereocenters. The Hall–Kier alpha value is -1.16. The van der Waals surface area contributed by atoms with E-state index in [4.69, 9.17) is 17.1 Å². The molecule has 0 spiro atoms. The predicted octanol–water partition coefficient (Wildman–Crippen LogP) is 5.59. The zero-order chi connectivity index (χ0) is 17.6. The van der Waals surface area contributed by atoms with E-state index >= 15 is 0 Å². The van der Waals surface area contributed by atoms with Crippen molar-refractivity contribution >= 4 is 18.2 Å². The van der Waals surface area contributed by atoms with Gasteiger partial charge in [0.05, 0.1) is 5.92 Å². The summed E-state index contributed by atoms with van der Waals surface area (Å²) in [4.78, 5) is 17.9. The fraction of sp³-hybridized carbons (Fsp3) is 0.714. The number of nitrogens with zero attached hydrogens (tertiary/aromatic N) is 1. The summed E-state index contributed by atoms with van der Waals surface area (Å²) >= 11 is 5.19. The third-order valence-electron chi connectivity index (χ3n) is 6.34. The highest BCUT2D eigenvalue weighted by atomic mass is 32.1. The standard InChI is InChI=1S/C21H31NO2S/c1-2-5-16-7-9-17(10-8-16)18-11-13-19(14-12-18)21(23)24-22-15-4-3-6-20(22)25/h3-4,6,15-19H,2,5,7-14H2,1H3. The van der Waals surface area contributed by atoms with Crippen molar-refractivity contribution in [2.45, 2.75) is 71.1 Å². The molecule has 0 aromatic carbocycles. The van der Waals surface area contributed by atoms with Crippen LogP contribution in [0.4, 0.5) is 0 Å². The molecule has 0 saturated heterocycles.